The number of carbonyl (C=O) groups excluding carboxylic acids is 1. The van der Waals surface area contributed by atoms with Crippen LogP contribution in [0.25, 0.3) is 5.57 Å². The lowest BCUT2D eigenvalue weighted by molar-refractivity contribution is -0.384. The van der Waals surface area contributed by atoms with Gasteiger partial charge in [0.2, 0.25) is 0 Å². The summed E-state index contributed by atoms with van der Waals surface area (Å²) in [4.78, 5) is 24.2. The monoisotopic (exact) mass is 382 g/mol. The van der Waals surface area contributed by atoms with Gasteiger partial charge >= 0.3 is 6.09 Å². The number of hydrogen-bond acceptors (Lipinski definition) is 4. The lowest BCUT2D eigenvalue weighted by Crippen LogP contribution is -2.39. The Morgan fingerprint density at radius 3 is 2.61 bits per heavy atom. The zero-order valence-corrected chi connectivity index (χ0v) is 14.9. The standard InChI is InChI=1S/C16H19BrN2O4/c1-16(2,3)23-15(20)18-8-6-11(7-9-18)13-10-12(19(21)22)4-5-14(13)17/h4-6,10H,7-9H2,1-3H3. The van der Waals surface area contributed by atoms with Crippen LogP contribution in [0.3, 0.4) is 0 Å². The Labute approximate surface area is 143 Å². The molecule has 6 nitrogen and oxygen atoms in total. The first-order chi connectivity index (χ1) is 10.7. The molecule has 1 aliphatic rings. The minimum absolute atomic E-state index is 0.0543. The maximum Gasteiger partial charge on any atom is 0.410 e. The van der Waals surface area contributed by atoms with Gasteiger partial charge < -0.3 is 9.64 Å². The van der Waals surface area contributed by atoms with E-state index < -0.39 is 10.5 Å². The van der Waals surface area contributed by atoms with E-state index in [0.29, 0.717) is 19.5 Å². The molecule has 2 rings (SSSR count). The Kier molecular flexibility index (Phi) is 5.09. The van der Waals surface area contributed by atoms with Crippen LogP contribution in [0.5, 0.6) is 0 Å². The van der Waals surface area contributed by atoms with Gasteiger partial charge in [-0.15, -0.1) is 0 Å². The third kappa shape index (κ3) is 4.54. The summed E-state index contributed by atoms with van der Waals surface area (Å²) in [6, 6.07) is 4.69. The fourth-order valence-electron chi connectivity index (χ4n) is 2.28. The van der Waals surface area contributed by atoms with Gasteiger partial charge in [0.05, 0.1) is 4.92 Å². The zero-order chi connectivity index (χ0) is 17.2. The van der Waals surface area contributed by atoms with Gasteiger partial charge in [0.25, 0.3) is 5.69 Å². The van der Waals surface area contributed by atoms with Gasteiger partial charge in [-0.3, -0.25) is 10.1 Å². The molecule has 1 aliphatic heterocycles. The van der Waals surface area contributed by atoms with E-state index in [1.807, 2.05) is 26.8 Å². The van der Waals surface area contributed by atoms with Gasteiger partial charge in [0.15, 0.2) is 0 Å². The van der Waals surface area contributed by atoms with Crippen molar-refractivity contribution >= 4 is 33.3 Å². The predicted octanol–water partition coefficient (Wildman–Crippen LogP) is 4.38. The van der Waals surface area contributed by atoms with E-state index in [0.717, 1.165) is 15.6 Å². The molecule has 0 atom stereocenters. The van der Waals surface area contributed by atoms with Crippen LogP contribution in [-0.4, -0.2) is 34.6 Å². The van der Waals surface area contributed by atoms with Crippen LogP contribution in [0.1, 0.15) is 32.8 Å². The molecule has 1 aromatic carbocycles. The number of ether oxygens (including phenoxy) is 1. The Balaban J connectivity index is 2.15. The van der Waals surface area contributed by atoms with Crippen molar-refractivity contribution in [3.8, 4) is 0 Å². The minimum atomic E-state index is -0.524. The van der Waals surface area contributed by atoms with Crippen LogP contribution >= 0.6 is 15.9 Å². The van der Waals surface area contributed by atoms with E-state index in [4.69, 9.17) is 4.74 Å². The predicted molar refractivity (Wildman–Crippen MR) is 91.2 cm³/mol. The minimum Gasteiger partial charge on any atom is -0.444 e. The molecule has 0 aliphatic carbocycles. The summed E-state index contributed by atoms with van der Waals surface area (Å²) in [5, 5.41) is 10.9. The topological polar surface area (TPSA) is 72.7 Å². The maximum absolute atomic E-state index is 12.0. The fraction of sp³-hybridized carbons (Fsp3) is 0.438. The first-order valence-corrected chi connectivity index (χ1v) is 8.08. The molecule has 0 saturated heterocycles. The summed E-state index contributed by atoms with van der Waals surface area (Å²) in [5.41, 5.74) is 1.31. The molecular weight excluding hydrogens is 364 g/mol. The summed E-state index contributed by atoms with van der Waals surface area (Å²) in [6.07, 6.45) is 2.20. The van der Waals surface area contributed by atoms with E-state index in [-0.39, 0.29) is 11.8 Å². The second-order valence-corrected chi connectivity index (χ2v) is 7.18. The molecular formula is C16H19BrN2O4. The van der Waals surface area contributed by atoms with Crippen LogP contribution in [-0.2, 0) is 4.74 Å². The highest BCUT2D eigenvalue weighted by atomic mass is 79.9. The highest BCUT2D eigenvalue weighted by Crippen LogP contribution is 2.32. The van der Waals surface area contributed by atoms with E-state index in [1.54, 1.807) is 17.0 Å². The number of amides is 1. The molecule has 0 radical (unpaired) electrons. The molecule has 0 fully saturated rings. The van der Waals surface area contributed by atoms with Crippen LogP contribution < -0.4 is 0 Å². The number of benzene rings is 1. The number of rotatable bonds is 2. The van der Waals surface area contributed by atoms with Crippen molar-refractivity contribution in [2.45, 2.75) is 32.8 Å². The van der Waals surface area contributed by atoms with Gasteiger partial charge in [0, 0.05) is 29.7 Å². The first kappa shape index (κ1) is 17.5. The SMILES string of the molecule is CC(C)(C)OC(=O)N1CC=C(c2cc([N+](=O)[O-])ccc2Br)CC1. The molecule has 7 heteroatoms. The number of nitro benzene ring substituents is 1. The lowest BCUT2D eigenvalue weighted by atomic mass is 9.99. The van der Waals surface area contributed by atoms with Crippen molar-refractivity contribution in [3.63, 3.8) is 0 Å². The summed E-state index contributed by atoms with van der Waals surface area (Å²) in [5.74, 6) is 0. The summed E-state index contributed by atoms with van der Waals surface area (Å²) in [7, 11) is 0. The van der Waals surface area contributed by atoms with Crippen LogP contribution in [0, 0.1) is 10.1 Å². The van der Waals surface area contributed by atoms with Crippen LogP contribution in [0.4, 0.5) is 10.5 Å². The summed E-state index contributed by atoms with van der Waals surface area (Å²) in [6.45, 7) is 6.44. The Morgan fingerprint density at radius 1 is 1.39 bits per heavy atom. The van der Waals surface area contributed by atoms with Gasteiger partial charge in [-0.2, -0.15) is 0 Å². The molecule has 0 bridgehead atoms. The molecule has 1 heterocycles. The Morgan fingerprint density at radius 2 is 2.09 bits per heavy atom. The quantitative estimate of drug-likeness (QED) is 0.561. The van der Waals surface area contributed by atoms with Crippen molar-refractivity contribution in [3.05, 3.63) is 44.4 Å². The lowest BCUT2D eigenvalue weighted by Gasteiger charge is -2.29. The fourth-order valence-corrected chi connectivity index (χ4v) is 2.78. The van der Waals surface area contributed by atoms with Crippen molar-refractivity contribution in [2.75, 3.05) is 13.1 Å². The zero-order valence-electron chi connectivity index (χ0n) is 13.3. The molecule has 1 aromatic rings. The molecule has 0 aromatic heterocycles. The van der Waals surface area contributed by atoms with Gasteiger partial charge in [-0.05, 0) is 44.4 Å². The third-order valence-corrected chi connectivity index (χ3v) is 4.06. The van der Waals surface area contributed by atoms with Gasteiger partial charge in [0.1, 0.15) is 5.60 Å². The number of nitrogens with zero attached hydrogens (tertiary/aromatic N) is 2. The van der Waals surface area contributed by atoms with Gasteiger partial charge in [-0.1, -0.05) is 22.0 Å². The molecule has 124 valence electrons. The highest BCUT2D eigenvalue weighted by Gasteiger charge is 2.24. The number of non-ortho nitro benzene ring substituents is 1. The van der Waals surface area contributed by atoms with E-state index in [1.165, 1.54) is 6.07 Å². The largest absolute Gasteiger partial charge is 0.444 e. The van der Waals surface area contributed by atoms with E-state index >= 15 is 0 Å². The number of hydrogen-bond donors (Lipinski definition) is 0. The second-order valence-electron chi connectivity index (χ2n) is 6.33. The molecule has 0 saturated carbocycles. The maximum atomic E-state index is 12.0. The normalized spacial score (nSPS) is 15.1. The van der Waals surface area contributed by atoms with Crippen LogP contribution in [0.15, 0.2) is 28.7 Å². The van der Waals surface area contributed by atoms with Crippen molar-refractivity contribution in [1.82, 2.24) is 4.90 Å². The molecule has 23 heavy (non-hydrogen) atoms. The molecule has 0 unspecified atom stereocenters. The third-order valence-electron chi connectivity index (χ3n) is 3.37. The Hall–Kier alpha value is -1.89. The average molecular weight is 383 g/mol. The number of carbonyl (C=O) groups is 1. The van der Waals surface area contributed by atoms with E-state index in [9.17, 15) is 14.9 Å². The van der Waals surface area contributed by atoms with Gasteiger partial charge in [-0.25, -0.2) is 4.79 Å². The van der Waals surface area contributed by atoms with Crippen LogP contribution in [0.2, 0.25) is 0 Å². The summed E-state index contributed by atoms with van der Waals surface area (Å²) < 4.78 is 6.16. The second kappa shape index (κ2) is 6.70. The smallest absolute Gasteiger partial charge is 0.410 e. The first-order valence-electron chi connectivity index (χ1n) is 7.28. The summed E-state index contributed by atoms with van der Waals surface area (Å²) >= 11 is 3.43. The molecule has 1 amide bonds. The molecule has 0 spiro atoms. The van der Waals surface area contributed by atoms with E-state index in [2.05, 4.69) is 15.9 Å². The van der Waals surface area contributed by atoms with Crippen molar-refractivity contribution in [2.24, 2.45) is 0 Å². The number of nitro groups is 1. The number of halogens is 1. The van der Waals surface area contributed by atoms with Crippen molar-refractivity contribution < 1.29 is 14.5 Å². The molecule has 0 N–H and O–H groups in total. The van der Waals surface area contributed by atoms with Crippen molar-refractivity contribution in [1.29, 1.82) is 0 Å². The average Bonchev–Trinajstić information content (AvgIpc) is 2.46. The highest BCUT2D eigenvalue weighted by molar-refractivity contribution is 9.10. The Bertz CT molecular complexity index is 665.